The molecule has 0 saturated carbocycles. The molecule has 0 fully saturated rings. The van der Waals surface area contributed by atoms with Crippen molar-refractivity contribution < 1.29 is 0 Å². The molecule has 2 aromatic carbocycles. The number of allylic oxidation sites excluding steroid dienone is 3. The predicted octanol–water partition coefficient (Wildman–Crippen LogP) is 6.40. The molecule has 1 unspecified atom stereocenters. The van der Waals surface area contributed by atoms with Crippen LogP contribution in [0.2, 0.25) is 0 Å². The maximum Gasteiger partial charge on any atom is 0.0769 e. The number of nitrogens with zero attached hydrogens (tertiary/aromatic N) is 1. The minimum atomic E-state index is 0.263. The highest BCUT2D eigenvalue weighted by Crippen LogP contribution is 2.37. The van der Waals surface area contributed by atoms with Crippen molar-refractivity contribution >= 4 is 31.5 Å². The van der Waals surface area contributed by atoms with E-state index in [9.17, 15) is 0 Å². The van der Waals surface area contributed by atoms with Crippen LogP contribution in [0.4, 0.5) is 0 Å². The third-order valence-electron chi connectivity index (χ3n) is 4.32. The normalized spacial score (nSPS) is 18.3. The average Bonchev–Trinajstić information content (AvgIpc) is 2.94. The first kappa shape index (κ1) is 14.3. The van der Waals surface area contributed by atoms with Gasteiger partial charge in [-0.05, 0) is 43.7 Å². The molecule has 0 amide bonds. The second-order valence-corrected chi connectivity index (χ2v) is 7.04. The first-order chi connectivity index (χ1) is 11.3. The van der Waals surface area contributed by atoms with Gasteiger partial charge in [0.05, 0.1) is 6.04 Å². The van der Waals surface area contributed by atoms with Gasteiger partial charge in [0, 0.05) is 32.6 Å². The summed E-state index contributed by atoms with van der Waals surface area (Å²) >= 11 is 1.87. The highest BCUT2D eigenvalue weighted by molar-refractivity contribution is 7.25. The highest BCUT2D eigenvalue weighted by atomic mass is 32.1. The summed E-state index contributed by atoms with van der Waals surface area (Å²) in [7, 11) is 0. The molecule has 0 aliphatic carbocycles. The maximum absolute atomic E-state index is 2.36. The van der Waals surface area contributed by atoms with Crippen molar-refractivity contribution in [1.82, 2.24) is 4.90 Å². The Morgan fingerprint density at radius 1 is 1.04 bits per heavy atom. The molecule has 0 spiro atoms. The molecule has 2 heterocycles. The number of rotatable bonds is 2. The number of benzene rings is 2. The quantitative estimate of drug-likeness (QED) is 0.528. The van der Waals surface area contributed by atoms with Crippen molar-refractivity contribution in [1.29, 1.82) is 0 Å². The number of hydrogen-bond donors (Lipinski definition) is 0. The van der Waals surface area contributed by atoms with Gasteiger partial charge in [0.2, 0.25) is 0 Å². The van der Waals surface area contributed by atoms with Crippen molar-refractivity contribution in [2.45, 2.75) is 19.9 Å². The Balaban J connectivity index is 1.87. The van der Waals surface area contributed by atoms with Crippen LogP contribution in [0, 0.1) is 0 Å². The van der Waals surface area contributed by atoms with Gasteiger partial charge < -0.3 is 4.90 Å². The van der Waals surface area contributed by atoms with Gasteiger partial charge in [-0.15, -0.1) is 11.3 Å². The van der Waals surface area contributed by atoms with E-state index in [1.165, 1.54) is 31.3 Å². The molecule has 0 radical (unpaired) electrons. The van der Waals surface area contributed by atoms with E-state index in [-0.39, 0.29) is 6.04 Å². The van der Waals surface area contributed by atoms with Gasteiger partial charge in [0.15, 0.2) is 0 Å². The van der Waals surface area contributed by atoms with E-state index in [1.807, 2.05) is 11.3 Å². The van der Waals surface area contributed by atoms with E-state index in [0.717, 1.165) is 0 Å². The van der Waals surface area contributed by atoms with Crippen LogP contribution >= 0.6 is 11.3 Å². The largest absolute Gasteiger partial charge is 0.344 e. The SMILES string of the molecule is C/C=C/N1C=CC(C)=CC1c1ccc2sc3ccccc3c2c1. The second kappa shape index (κ2) is 5.71. The van der Waals surface area contributed by atoms with Crippen LogP contribution in [0.25, 0.3) is 20.2 Å². The third kappa shape index (κ3) is 2.49. The lowest BCUT2D eigenvalue weighted by Gasteiger charge is -2.29. The summed E-state index contributed by atoms with van der Waals surface area (Å²) in [5, 5.41) is 2.73. The Morgan fingerprint density at radius 2 is 1.87 bits per heavy atom. The first-order valence-corrected chi connectivity index (χ1v) is 8.76. The summed E-state index contributed by atoms with van der Waals surface area (Å²) in [6, 6.07) is 15.8. The van der Waals surface area contributed by atoms with E-state index in [2.05, 4.69) is 91.8 Å². The number of fused-ring (bicyclic) bond motifs is 3. The molecule has 0 saturated heterocycles. The molecule has 0 bridgehead atoms. The minimum absolute atomic E-state index is 0.263. The molecular weight excluding hydrogens is 298 g/mol. The summed E-state index contributed by atoms with van der Waals surface area (Å²) < 4.78 is 2.72. The summed E-state index contributed by atoms with van der Waals surface area (Å²) in [6.45, 7) is 4.22. The van der Waals surface area contributed by atoms with Crippen molar-refractivity contribution in [3.05, 3.63) is 84.2 Å². The predicted molar refractivity (Wildman–Crippen MR) is 102 cm³/mol. The smallest absolute Gasteiger partial charge is 0.0769 e. The van der Waals surface area contributed by atoms with Crippen molar-refractivity contribution in [3.8, 4) is 0 Å². The Kier molecular flexibility index (Phi) is 3.55. The highest BCUT2D eigenvalue weighted by Gasteiger charge is 2.17. The standard InChI is InChI=1S/C21H19NS/c1-3-11-22-12-10-15(2)13-19(22)16-8-9-21-18(14-16)17-6-4-5-7-20(17)23-21/h3-14,19H,1-2H3/b11-3+. The van der Waals surface area contributed by atoms with Crippen LogP contribution in [0.3, 0.4) is 0 Å². The van der Waals surface area contributed by atoms with Crippen LogP contribution in [-0.2, 0) is 0 Å². The molecule has 4 rings (SSSR count). The lowest BCUT2D eigenvalue weighted by atomic mass is 9.98. The van der Waals surface area contributed by atoms with Crippen LogP contribution in [0.15, 0.2) is 78.7 Å². The minimum Gasteiger partial charge on any atom is -0.344 e. The molecule has 2 heteroatoms. The molecule has 1 aromatic heterocycles. The fraction of sp³-hybridized carbons (Fsp3) is 0.143. The molecule has 1 aliphatic heterocycles. The number of thiophene rings is 1. The molecular formula is C21H19NS. The topological polar surface area (TPSA) is 3.24 Å². The van der Waals surface area contributed by atoms with Crippen LogP contribution < -0.4 is 0 Å². The fourth-order valence-corrected chi connectivity index (χ4v) is 4.28. The van der Waals surface area contributed by atoms with Crippen molar-refractivity contribution in [2.75, 3.05) is 0 Å². The zero-order chi connectivity index (χ0) is 15.8. The zero-order valence-corrected chi connectivity index (χ0v) is 14.2. The molecule has 23 heavy (non-hydrogen) atoms. The van der Waals surface area contributed by atoms with E-state index >= 15 is 0 Å². The van der Waals surface area contributed by atoms with Crippen LogP contribution in [0.5, 0.6) is 0 Å². The molecule has 1 nitrogen and oxygen atoms in total. The Morgan fingerprint density at radius 3 is 2.74 bits per heavy atom. The summed E-state index contributed by atoms with van der Waals surface area (Å²) in [6.07, 6.45) is 10.9. The first-order valence-electron chi connectivity index (χ1n) is 7.94. The average molecular weight is 317 g/mol. The van der Waals surface area contributed by atoms with Gasteiger partial charge in [-0.1, -0.05) is 42.0 Å². The van der Waals surface area contributed by atoms with E-state index in [4.69, 9.17) is 0 Å². The zero-order valence-electron chi connectivity index (χ0n) is 13.4. The van der Waals surface area contributed by atoms with Gasteiger partial charge in [0.1, 0.15) is 0 Å². The molecule has 3 aromatic rings. The van der Waals surface area contributed by atoms with Crippen molar-refractivity contribution in [2.24, 2.45) is 0 Å². The fourth-order valence-electron chi connectivity index (χ4n) is 3.20. The molecule has 0 N–H and O–H groups in total. The molecule has 1 aliphatic rings. The van der Waals surface area contributed by atoms with Gasteiger partial charge in [-0.25, -0.2) is 0 Å². The third-order valence-corrected chi connectivity index (χ3v) is 5.47. The van der Waals surface area contributed by atoms with Crippen LogP contribution in [-0.4, -0.2) is 4.90 Å². The number of hydrogen-bond acceptors (Lipinski definition) is 2. The lowest BCUT2D eigenvalue weighted by Crippen LogP contribution is -2.18. The monoisotopic (exact) mass is 317 g/mol. The second-order valence-electron chi connectivity index (χ2n) is 5.95. The maximum atomic E-state index is 2.36. The van der Waals surface area contributed by atoms with Gasteiger partial charge in [0.25, 0.3) is 0 Å². The van der Waals surface area contributed by atoms with Gasteiger partial charge >= 0.3 is 0 Å². The molecule has 1 atom stereocenters. The van der Waals surface area contributed by atoms with E-state index < -0.39 is 0 Å². The lowest BCUT2D eigenvalue weighted by molar-refractivity contribution is 0.431. The Labute approximate surface area is 140 Å². The van der Waals surface area contributed by atoms with Crippen LogP contribution in [0.1, 0.15) is 25.5 Å². The summed E-state index contributed by atoms with van der Waals surface area (Å²) in [4.78, 5) is 2.27. The Hall–Kier alpha value is -2.32. The Bertz CT molecular complexity index is 958. The van der Waals surface area contributed by atoms with E-state index in [0.29, 0.717) is 0 Å². The summed E-state index contributed by atoms with van der Waals surface area (Å²) in [5.41, 5.74) is 2.65. The van der Waals surface area contributed by atoms with Crippen molar-refractivity contribution in [3.63, 3.8) is 0 Å². The van der Waals surface area contributed by atoms with E-state index in [1.54, 1.807) is 0 Å². The summed E-state index contributed by atoms with van der Waals surface area (Å²) in [5.74, 6) is 0. The van der Waals surface area contributed by atoms with Gasteiger partial charge in [-0.3, -0.25) is 0 Å². The van der Waals surface area contributed by atoms with Gasteiger partial charge in [-0.2, -0.15) is 0 Å². The molecule has 114 valence electrons.